The van der Waals surface area contributed by atoms with Crippen molar-refractivity contribution >= 4 is 44.9 Å². The second-order valence-corrected chi connectivity index (χ2v) is 18.2. The van der Waals surface area contributed by atoms with E-state index in [9.17, 15) is 18.6 Å². The minimum absolute atomic E-state index is 0.0306. The van der Waals surface area contributed by atoms with E-state index in [-0.39, 0.29) is 40.2 Å². The lowest BCUT2D eigenvalue weighted by Crippen LogP contribution is -2.49. The van der Waals surface area contributed by atoms with E-state index in [2.05, 4.69) is 38.3 Å². The molecule has 1 unspecified atom stereocenters. The Morgan fingerprint density at radius 1 is 1.09 bits per heavy atom. The van der Waals surface area contributed by atoms with Crippen molar-refractivity contribution in [3.63, 3.8) is 0 Å². The molecule has 1 N–H and O–H groups in total. The average molecular weight is 759 g/mol. The molecular weight excluding hydrogens is 712 g/mol. The topological polar surface area (TPSA) is 119 Å². The number of hydrogen-bond acceptors (Lipinski definition) is 7. The Kier molecular flexibility index (Phi) is 9.78. The highest BCUT2D eigenvalue weighted by molar-refractivity contribution is 7.92. The molecule has 3 aromatic rings. The van der Waals surface area contributed by atoms with Crippen LogP contribution in [0.2, 0.25) is 5.02 Å². The van der Waals surface area contributed by atoms with Crippen LogP contribution in [-0.2, 0) is 32.9 Å². The number of fused-ring (bicyclic) bond motifs is 5. The van der Waals surface area contributed by atoms with Crippen molar-refractivity contribution in [3.05, 3.63) is 93.8 Å². The molecule has 6 atom stereocenters. The molecule has 0 radical (unpaired) electrons. The van der Waals surface area contributed by atoms with Gasteiger partial charge in [-0.3, -0.25) is 23.7 Å². The molecule has 3 aliphatic heterocycles. The van der Waals surface area contributed by atoms with Gasteiger partial charge in [0, 0.05) is 54.5 Å². The van der Waals surface area contributed by atoms with E-state index in [1.54, 1.807) is 19.2 Å². The molecule has 8 rings (SSSR count). The van der Waals surface area contributed by atoms with Crippen LogP contribution in [0.1, 0.15) is 94.2 Å². The average Bonchev–Trinajstić information content (AvgIpc) is 3.51. The molecule has 2 aliphatic carbocycles. The Hall–Kier alpha value is -3.93. The minimum atomic E-state index is -3.59. The molecule has 4 heterocycles. The number of nitrogens with one attached hydrogen (secondary N) is 1. The van der Waals surface area contributed by atoms with Gasteiger partial charge in [-0.25, -0.2) is 4.21 Å². The highest BCUT2D eigenvalue weighted by Gasteiger charge is 2.44. The van der Waals surface area contributed by atoms with Crippen molar-refractivity contribution < 1.29 is 28.1 Å². The normalized spacial score (nSPS) is 30.4. The summed E-state index contributed by atoms with van der Waals surface area (Å²) in [6.45, 7) is 3.90. The van der Waals surface area contributed by atoms with E-state index in [1.165, 1.54) is 21.9 Å². The van der Waals surface area contributed by atoms with Gasteiger partial charge < -0.3 is 14.4 Å². The number of rotatable bonds is 3. The van der Waals surface area contributed by atoms with E-state index in [0.29, 0.717) is 56.4 Å². The summed E-state index contributed by atoms with van der Waals surface area (Å²) < 4.78 is 35.8. The number of carbonyl (C=O) groups excluding carboxylic acids is 3. The second kappa shape index (κ2) is 14.4. The van der Waals surface area contributed by atoms with Crippen molar-refractivity contribution in [2.24, 2.45) is 22.1 Å². The van der Waals surface area contributed by atoms with Gasteiger partial charge in [0.2, 0.25) is 5.91 Å². The molecule has 5 aliphatic rings. The van der Waals surface area contributed by atoms with Crippen molar-refractivity contribution in [1.29, 1.82) is 0 Å². The summed E-state index contributed by atoms with van der Waals surface area (Å²) >= 11 is 6.46. The highest BCUT2D eigenvalue weighted by atomic mass is 35.5. The summed E-state index contributed by atoms with van der Waals surface area (Å²) in [5.41, 5.74) is 4.29. The molecule has 10 nitrogen and oxygen atoms in total. The maximum Gasteiger partial charge on any atom is 0.286 e. The number of aromatic nitrogens is 1. The predicted octanol–water partition coefficient (Wildman–Crippen LogP) is 7.18. The van der Waals surface area contributed by atoms with Crippen LogP contribution in [0.4, 0.5) is 5.69 Å². The van der Waals surface area contributed by atoms with Crippen molar-refractivity contribution in [2.75, 3.05) is 37.5 Å². The fourth-order valence-electron chi connectivity index (χ4n) is 9.17. The number of carbonyl (C=O) groups is 3. The Bertz CT molecular complexity index is 2120. The van der Waals surface area contributed by atoms with Crippen LogP contribution >= 0.6 is 11.6 Å². The Morgan fingerprint density at radius 3 is 2.75 bits per heavy atom. The van der Waals surface area contributed by atoms with Crippen molar-refractivity contribution in [1.82, 2.24) is 9.29 Å². The van der Waals surface area contributed by atoms with Crippen LogP contribution in [0.25, 0.3) is 0 Å². The first-order valence-electron chi connectivity index (χ1n) is 18.9. The van der Waals surface area contributed by atoms with Gasteiger partial charge in [0.1, 0.15) is 15.7 Å². The van der Waals surface area contributed by atoms with Crippen molar-refractivity contribution in [3.8, 4) is 5.75 Å². The smallest absolute Gasteiger partial charge is 0.286 e. The van der Waals surface area contributed by atoms with Gasteiger partial charge in [0.05, 0.1) is 29.7 Å². The van der Waals surface area contributed by atoms with Crippen LogP contribution in [0.5, 0.6) is 5.75 Å². The van der Waals surface area contributed by atoms with Crippen LogP contribution in [0, 0.1) is 17.8 Å². The number of methoxy groups -OCH3 is 1. The number of aryl methyl sites for hydroxylation is 2. The molecular formula is C41H47ClN4O6S. The van der Waals surface area contributed by atoms with Gasteiger partial charge in [-0.2, -0.15) is 0 Å². The molecule has 1 fully saturated rings. The van der Waals surface area contributed by atoms with Gasteiger partial charge in [-0.15, -0.1) is 4.36 Å². The number of benzene rings is 2. The summed E-state index contributed by atoms with van der Waals surface area (Å²) in [7, 11) is -1.84. The quantitative estimate of drug-likeness (QED) is 0.281. The number of allylic oxidation sites excluding steroid dienone is 1. The lowest BCUT2D eigenvalue weighted by atomic mass is 9.68. The number of nitrogens with zero attached hydrogens (tertiary/aromatic N) is 3. The predicted molar refractivity (Wildman–Crippen MR) is 205 cm³/mol. The molecule has 0 saturated heterocycles. The van der Waals surface area contributed by atoms with Gasteiger partial charge in [-0.05, 0) is 117 Å². The summed E-state index contributed by atoms with van der Waals surface area (Å²) in [4.78, 5) is 42.6. The maximum absolute atomic E-state index is 14.7. The third-order valence-electron chi connectivity index (χ3n) is 12.0. The van der Waals surface area contributed by atoms with Gasteiger partial charge in [-0.1, -0.05) is 36.7 Å². The number of anilines is 1. The first-order chi connectivity index (χ1) is 25.5. The monoisotopic (exact) mass is 758 g/mol. The summed E-state index contributed by atoms with van der Waals surface area (Å²) in [5, 5.41) is 0.733. The zero-order valence-corrected chi connectivity index (χ0v) is 31.9. The Balaban J connectivity index is 1.18. The summed E-state index contributed by atoms with van der Waals surface area (Å²) in [6.07, 6.45) is 13.0. The lowest BCUT2D eigenvalue weighted by molar-refractivity contribution is 0.0131. The standard InChI is InChI=1S/C41H47ClN4O6S/c1-26-6-3-9-36(51-2)33-14-11-29(33)21-45-24-41(17-5-7-27-18-31(42)13-15-34(27)41)25-52-37-16-12-28(20-35(37)45)39(48)43-53(50,23-26)44-40(49)30-19-32-8-4-10-38(47)46(32)22-30/h3,9,12-13,15-16,18-20,22,26,29,33,36H,4-8,10-11,14,17,21,23-25H2,1-2H3,(H,43,44,48,49,50)/b9-3-/t26-,29-,33+,36-,41-,53?/m0/s1. The molecule has 1 aromatic heterocycles. The van der Waals surface area contributed by atoms with Crippen LogP contribution < -0.4 is 14.4 Å². The largest absolute Gasteiger partial charge is 0.490 e. The van der Waals surface area contributed by atoms with E-state index in [0.717, 1.165) is 55.1 Å². The zero-order valence-electron chi connectivity index (χ0n) is 30.4. The minimum Gasteiger partial charge on any atom is -0.490 e. The fourth-order valence-corrected chi connectivity index (χ4v) is 11.3. The molecule has 1 spiro atoms. The van der Waals surface area contributed by atoms with E-state index >= 15 is 0 Å². The van der Waals surface area contributed by atoms with E-state index < -0.39 is 21.7 Å². The van der Waals surface area contributed by atoms with Crippen LogP contribution in [0.3, 0.4) is 0 Å². The van der Waals surface area contributed by atoms with E-state index in [1.807, 2.05) is 25.1 Å². The number of ether oxygens (including phenoxy) is 2. The third kappa shape index (κ3) is 7.08. The molecule has 2 amide bonds. The summed E-state index contributed by atoms with van der Waals surface area (Å²) in [5.74, 6) is -0.199. The lowest BCUT2D eigenvalue weighted by Gasteiger charge is -2.46. The Morgan fingerprint density at radius 2 is 1.96 bits per heavy atom. The van der Waals surface area contributed by atoms with E-state index in [4.69, 9.17) is 21.1 Å². The van der Waals surface area contributed by atoms with Crippen LogP contribution in [-0.4, -0.2) is 65.2 Å². The number of hydrogen-bond donors (Lipinski definition) is 1. The maximum atomic E-state index is 14.7. The van der Waals surface area contributed by atoms with Gasteiger partial charge >= 0.3 is 0 Å². The first kappa shape index (κ1) is 36.1. The molecule has 1 saturated carbocycles. The van der Waals surface area contributed by atoms with Gasteiger partial charge in [0.25, 0.3) is 11.8 Å². The third-order valence-corrected chi connectivity index (χ3v) is 14.2. The zero-order chi connectivity index (χ0) is 36.9. The molecule has 280 valence electrons. The molecule has 2 aromatic carbocycles. The second-order valence-electron chi connectivity index (χ2n) is 15.7. The molecule has 2 bridgehead atoms. The molecule has 53 heavy (non-hydrogen) atoms. The SMILES string of the molecule is CO[C@H]1/C=C\C[C@H](C)CS(=O)(NC(=O)c2cc3n(c2)C(=O)CCC3)=NC(=O)c2ccc3c(c2)N(C[C@@H]2CC[C@H]21)C[C@@]1(CCCc2cc(Cl)ccc21)CO3. The molecule has 12 heteroatoms. The Labute approximate surface area is 316 Å². The van der Waals surface area contributed by atoms with Crippen LogP contribution in [0.15, 0.2) is 65.2 Å². The highest BCUT2D eigenvalue weighted by Crippen LogP contribution is 2.47. The van der Waals surface area contributed by atoms with Crippen molar-refractivity contribution in [2.45, 2.75) is 76.2 Å². The van der Waals surface area contributed by atoms with Gasteiger partial charge in [0.15, 0.2) is 0 Å². The number of amides is 2. The fraction of sp³-hybridized carbons (Fsp3) is 0.488. The number of halogens is 1. The summed E-state index contributed by atoms with van der Waals surface area (Å²) in [6, 6.07) is 13.2. The first-order valence-corrected chi connectivity index (χ1v) is 21.0.